The third kappa shape index (κ3) is 4.51. The number of carbonyl (C=O) groups excluding carboxylic acids is 1. The van der Waals surface area contributed by atoms with Gasteiger partial charge in [0.15, 0.2) is 0 Å². The van der Waals surface area contributed by atoms with E-state index in [-0.39, 0.29) is 5.97 Å². The molecular weight excluding hydrogens is 256 g/mol. The first kappa shape index (κ1) is 16.5. The van der Waals surface area contributed by atoms with Crippen LogP contribution in [-0.4, -0.2) is 17.0 Å². The fraction of sp³-hybridized carbons (Fsp3) is 0.625. The molecule has 0 bridgehead atoms. The van der Waals surface area contributed by atoms with Crippen LogP contribution in [0.3, 0.4) is 0 Å². The van der Waals surface area contributed by atoms with Gasteiger partial charge in [0.1, 0.15) is 5.76 Å². The van der Waals surface area contributed by atoms with Gasteiger partial charge in [-0.2, -0.15) is 0 Å². The molecule has 4 nitrogen and oxygen atoms in total. The van der Waals surface area contributed by atoms with Gasteiger partial charge in [0.25, 0.3) is 0 Å². The van der Waals surface area contributed by atoms with Crippen LogP contribution in [-0.2, 0) is 14.3 Å². The van der Waals surface area contributed by atoms with E-state index in [9.17, 15) is 14.7 Å². The summed E-state index contributed by atoms with van der Waals surface area (Å²) in [6, 6.07) is 0. The lowest BCUT2D eigenvalue weighted by atomic mass is 9.80. The first-order valence-electron chi connectivity index (χ1n) is 7.31. The number of hydrogen-bond acceptors (Lipinski definition) is 3. The molecule has 20 heavy (non-hydrogen) atoms. The van der Waals surface area contributed by atoms with Crippen LogP contribution in [0.5, 0.6) is 0 Å². The molecule has 0 radical (unpaired) electrons. The summed E-state index contributed by atoms with van der Waals surface area (Å²) in [5.74, 6) is -0.205. The highest BCUT2D eigenvalue weighted by Crippen LogP contribution is 2.31. The van der Waals surface area contributed by atoms with Crippen LogP contribution in [0.15, 0.2) is 24.5 Å². The van der Waals surface area contributed by atoms with Crippen LogP contribution in [0, 0.1) is 5.41 Å². The van der Waals surface area contributed by atoms with Crippen LogP contribution < -0.4 is 0 Å². The predicted molar refractivity (Wildman–Crippen MR) is 77.1 cm³/mol. The van der Waals surface area contributed by atoms with Crippen LogP contribution in [0.1, 0.15) is 58.3 Å². The lowest BCUT2D eigenvalue weighted by Gasteiger charge is -2.23. The standard InChI is InChI=1S/C16H24O4/c1-3-16(4-2,15(18)19)12-7-5-6-11-14(17)20-13-9-8-10-13/h3,9H,1,4-8,10-12H2,2H3,(H,18,19). The average molecular weight is 280 g/mol. The first-order chi connectivity index (χ1) is 9.54. The molecule has 112 valence electrons. The lowest BCUT2D eigenvalue weighted by Crippen LogP contribution is -2.27. The van der Waals surface area contributed by atoms with Gasteiger partial charge < -0.3 is 9.84 Å². The van der Waals surface area contributed by atoms with Gasteiger partial charge in [-0.25, -0.2) is 0 Å². The number of ether oxygens (including phenoxy) is 1. The second-order valence-electron chi connectivity index (χ2n) is 5.26. The van der Waals surface area contributed by atoms with E-state index in [0.29, 0.717) is 19.3 Å². The Morgan fingerprint density at radius 3 is 2.60 bits per heavy atom. The molecule has 0 heterocycles. The Kier molecular flexibility index (Phi) is 6.49. The molecule has 0 fully saturated rings. The van der Waals surface area contributed by atoms with E-state index in [1.54, 1.807) is 0 Å². The van der Waals surface area contributed by atoms with Crippen molar-refractivity contribution in [1.29, 1.82) is 0 Å². The maximum absolute atomic E-state index is 11.5. The molecule has 1 N–H and O–H groups in total. The van der Waals surface area contributed by atoms with Crippen molar-refractivity contribution >= 4 is 11.9 Å². The fourth-order valence-electron chi connectivity index (χ4n) is 2.21. The predicted octanol–water partition coefficient (Wildman–Crippen LogP) is 3.82. The largest absolute Gasteiger partial charge is 0.481 e. The summed E-state index contributed by atoms with van der Waals surface area (Å²) in [6.45, 7) is 5.50. The normalized spacial score (nSPS) is 16.6. The molecule has 1 rings (SSSR count). The Balaban J connectivity index is 2.18. The Labute approximate surface area is 120 Å². The Morgan fingerprint density at radius 2 is 2.15 bits per heavy atom. The first-order valence-corrected chi connectivity index (χ1v) is 7.31. The van der Waals surface area contributed by atoms with Crippen molar-refractivity contribution in [3.63, 3.8) is 0 Å². The van der Waals surface area contributed by atoms with Gasteiger partial charge in [-0.05, 0) is 31.8 Å². The topological polar surface area (TPSA) is 63.6 Å². The van der Waals surface area contributed by atoms with Crippen molar-refractivity contribution in [2.24, 2.45) is 5.41 Å². The summed E-state index contributed by atoms with van der Waals surface area (Å²) in [4.78, 5) is 22.7. The van der Waals surface area contributed by atoms with Crippen LogP contribution in [0.4, 0.5) is 0 Å². The monoisotopic (exact) mass is 280 g/mol. The van der Waals surface area contributed by atoms with E-state index in [1.807, 2.05) is 13.0 Å². The van der Waals surface area contributed by atoms with E-state index in [4.69, 9.17) is 4.74 Å². The molecule has 0 aromatic rings. The van der Waals surface area contributed by atoms with Crippen molar-refractivity contribution in [2.75, 3.05) is 0 Å². The van der Waals surface area contributed by atoms with Gasteiger partial charge in [-0.15, -0.1) is 6.58 Å². The zero-order valence-electron chi connectivity index (χ0n) is 12.2. The number of hydrogen-bond donors (Lipinski definition) is 1. The summed E-state index contributed by atoms with van der Waals surface area (Å²) >= 11 is 0. The molecule has 1 aliphatic carbocycles. The maximum atomic E-state index is 11.5. The summed E-state index contributed by atoms with van der Waals surface area (Å²) in [7, 11) is 0. The fourth-order valence-corrected chi connectivity index (χ4v) is 2.21. The lowest BCUT2D eigenvalue weighted by molar-refractivity contribution is -0.146. The Hall–Kier alpha value is -1.58. The number of esters is 1. The van der Waals surface area contributed by atoms with Gasteiger partial charge in [0.2, 0.25) is 0 Å². The minimum absolute atomic E-state index is 0.181. The maximum Gasteiger partial charge on any atom is 0.313 e. The Morgan fingerprint density at radius 1 is 1.45 bits per heavy atom. The quantitative estimate of drug-likeness (QED) is 0.375. The number of carboxylic acid groups (broad SMARTS) is 1. The van der Waals surface area contributed by atoms with Gasteiger partial charge in [-0.3, -0.25) is 9.59 Å². The van der Waals surface area contributed by atoms with Crippen molar-refractivity contribution in [3.8, 4) is 0 Å². The van der Waals surface area contributed by atoms with Gasteiger partial charge in [0, 0.05) is 12.8 Å². The second kappa shape index (κ2) is 7.88. The van der Waals surface area contributed by atoms with Crippen LogP contribution >= 0.6 is 0 Å². The minimum atomic E-state index is -0.822. The molecule has 0 spiro atoms. The molecule has 0 saturated heterocycles. The molecule has 0 aromatic carbocycles. The third-order valence-corrected chi connectivity index (χ3v) is 3.96. The third-order valence-electron chi connectivity index (χ3n) is 3.96. The molecule has 1 unspecified atom stereocenters. The van der Waals surface area contributed by atoms with E-state index < -0.39 is 11.4 Å². The molecular formula is C16H24O4. The van der Waals surface area contributed by atoms with Crippen LogP contribution in [0.25, 0.3) is 0 Å². The highest BCUT2D eigenvalue weighted by Gasteiger charge is 2.32. The van der Waals surface area contributed by atoms with Gasteiger partial charge in [0.05, 0.1) is 5.41 Å². The molecule has 1 atom stereocenters. The molecule has 0 saturated carbocycles. The van der Waals surface area contributed by atoms with Gasteiger partial charge >= 0.3 is 11.9 Å². The highest BCUT2D eigenvalue weighted by atomic mass is 16.5. The SMILES string of the molecule is C=CC(CC)(CCCCCC(=O)OC1=CCC1)C(=O)O. The van der Waals surface area contributed by atoms with E-state index in [0.717, 1.165) is 37.9 Å². The van der Waals surface area contributed by atoms with E-state index in [1.165, 1.54) is 6.08 Å². The number of carbonyl (C=O) groups is 2. The molecule has 1 aliphatic rings. The van der Waals surface area contributed by atoms with Crippen molar-refractivity contribution < 1.29 is 19.4 Å². The van der Waals surface area contributed by atoms with Crippen LogP contribution in [0.2, 0.25) is 0 Å². The number of aliphatic carboxylic acids is 1. The summed E-state index contributed by atoms with van der Waals surface area (Å²) < 4.78 is 5.13. The summed E-state index contributed by atoms with van der Waals surface area (Å²) in [5.41, 5.74) is -0.822. The number of allylic oxidation sites excluding steroid dienone is 2. The van der Waals surface area contributed by atoms with E-state index >= 15 is 0 Å². The second-order valence-corrected chi connectivity index (χ2v) is 5.26. The summed E-state index contributed by atoms with van der Waals surface area (Å²) in [5, 5.41) is 9.25. The summed E-state index contributed by atoms with van der Waals surface area (Å²) in [6.07, 6.45) is 9.18. The molecule has 0 aliphatic heterocycles. The van der Waals surface area contributed by atoms with Gasteiger partial charge in [-0.1, -0.05) is 25.8 Å². The van der Waals surface area contributed by atoms with E-state index in [2.05, 4.69) is 6.58 Å². The van der Waals surface area contributed by atoms with Crippen molar-refractivity contribution in [2.45, 2.75) is 58.3 Å². The smallest absolute Gasteiger partial charge is 0.313 e. The molecule has 4 heteroatoms. The van der Waals surface area contributed by atoms with Crippen molar-refractivity contribution in [1.82, 2.24) is 0 Å². The zero-order valence-corrected chi connectivity index (χ0v) is 12.2. The average Bonchev–Trinajstić information content (AvgIpc) is 2.38. The Bertz CT molecular complexity index is 397. The number of unbranched alkanes of at least 4 members (excludes halogenated alkanes) is 2. The molecule has 0 aromatic heterocycles. The molecule has 0 amide bonds. The zero-order chi connectivity index (χ0) is 15.0. The highest BCUT2D eigenvalue weighted by molar-refractivity contribution is 5.76. The number of carboxylic acids is 1. The number of rotatable bonds is 10. The van der Waals surface area contributed by atoms with Crippen molar-refractivity contribution in [3.05, 3.63) is 24.5 Å². The minimum Gasteiger partial charge on any atom is -0.481 e.